The van der Waals surface area contributed by atoms with Crippen molar-refractivity contribution in [3.8, 4) is 6.07 Å². The topological polar surface area (TPSA) is 53.0 Å². The first-order valence-corrected chi connectivity index (χ1v) is 7.05. The molecule has 0 radical (unpaired) electrons. The lowest BCUT2D eigenvalue weighted by Crippen LogP contribution is -2.28. The van der Waals surface area contributed by atoms with Gasteiger partial charge >= 0.3 is 0 Å². The predicted molar refractivity (Wildman–Crippen MR) is 80.9 cm³/mol. The average Bonchev–Trinajstić information content (AvgIpc) is 2.42. The second-order valence-corrected chi connectivity index (χ2v) is 5.35. The molecule has 19 heavy (non-hydrogen) atoms. The van der Waals surface area contributed by atoms with Crippen molar-refractivity contribution in [1.29, 1.82) is 5.26 Å². The molecule has 2 N–H and O–H groups in total. The van der Waals surface area contributed by atoms with Crippen LogP contribution in [0.1, 0.15) is 45.2 Å². The zero-order valence-corrected chi connectivity index (χ0v) is 12.3. The molecule has 0 aliphatic carbocycles. The maximum Gasteiger partial charge on any atom is 0.0640 e. The molecule has 0 heterocycles. The average molecular weight is 259 g/mol. The van der Waals surface area contributed by atoms with E-state index in [0.29, 0.717) is 12.3 Å². The van der Waals surface area contributed by atoms with Crippen LogP contribution >= 0.6 is 0 Å². The number of hydrogen-bond acceptors (Lipinski definition) is 3. The lowest BCUT2D eigenvalue weighted by molar-refractivity contribution is 0.612. The lowest BCUT2D eigenvalue weighted by Gasteiger charge is -2.26. The number of hydrogen-bond donors (Lipinski definition) is 1. The molecule has 0 fully saturated rings. The highest BCUT2D eigenvalue weighted by Crippen LogP contribution is 2.20. The Hall–Kier alpha value is -1.53. The normalized spacial score (nSPS) is 12.2. The van der Waals surface area contributed by atoms with Gasteiger partial charge in [-0.2, -0.15) is 5.26 Å². The van der Waals surface area contributed by atoms with E-state index in [-0.39, 0.29) is 6.04 Å². The summed E-state index contributed by atoms with van der Waals surface area (Å²) in [7, 11) is 0. The summed E-state index contributed by atoms with van der Waals surface area (Å²) >= 11 is 0. The standard InChI is InChI=1S/C16H25N3/c1-4-16(18)14-6-8-15(9-7-14)19(11-5-10-17)12-13(2)3/h6-9,13,16H,4-5,11-12,18H2,1-3H3. The molecule has 0 saturated heterocycles. The molecule has 0 aliphatic heterocycles. The molecule has 1 unspecified atom stereocenters. The zero-order chi connectivity index (χ0) is 14.3. The fraction of sp³-hybridized carbons (Fsp3) is 0.562. The number of nitriles is 1. The molecular weight excluding hydrogens is 234 g/mol. The Kier molecular flexibility index (Phi) is 6.38. The minimum atomic E-state index is 0.117. The van der Waals surface area contributed by atoms with Gasteiger partial charge in [-0.15, -0.1) is 0 Å². The van der Waals surface area contributed by atoms with Crippen LogP contribution in [0.25, 0.3) is 0 Å². The van der Waals surface area contributed by atoms with Crippen LogP contribution in [0.2, 0.25) is 0 Å². The monoisotopic (exact) mass is 259 g/mol. The van der Waals surface area contributed by atoms with Crippen molar-refractivity contribution in [1.82, 2.24) is 0 Å². The maximum atomic E-state index is 8.75. The van der Waals surface area contributed by atoms with Crippen molar-refractivity contribution in [2.45, 2.75) is 39.7 Å². The van der Waals surface area contributed by atoms with Gasteiger partial charge in [0.05, 0.1) is 12.5 Å². The second kappa shape index (κ2) is 7.81. The summed E-state index contributed by atoms with van der Waals surface area (Å²) in [6.45, 7) is 8.24. The number of rotatable bonds is 7. The van der Waals surface area contributed by atoms with Gasteiger partial charge in [-0.1, -0.05) is 32.9 Å². The van der Waals surface area contributed by atoms with Crippen molar-refractivity contribution in [2.75, 3.05) is 18.0 Å². The van der Waals surface area contributed by atoms with Crippen LogP contribution in [-0.2, 0) is 0 Å². The van der Waals surface area contributed by atoms with E-state index in [1.165, 1.54) is 11.3 Å². The number of anilines is 1. The Bertz CT molecular complexity index is 403. The third-order valence-corrected chi connectivity index (χ3v) is 3.21. The van der Waals surface area contributed by atoms with Crippen LogP contribution in [0, 0.1) is 17.2 Å². The Morgan fingerprint density at radius 3 is 2.37 bits per heavy atom. The molecular formula is C16H25N3. The van der Waals surface area contributed by atoms with Crippen LogP contribution in [-0.4, -0.2) is 13.1 Å². The molecule has 0 aliphatic rings. The van der Waals surface area contributed by atoms with Gasteiger partial charge in [0.2, 0.25) is 0 Å². The van der Waals surface area contributed by atoms with Gasteiger partial charge in [-0.05, 0) is 30.0 Å². The molecule has 0 saturated carbocycles. The van der Waals surface area contributed by atoms with E-state index in [9.17, 15) is 0 Å². The summed E-state index contributed by atoms with van der Waals surface area (Å²) in [6.07, 6.45) is 1.51. The van der Waals surface area contributed by atoms with Gasteiger partial charge in [-0.3, -0.25) is 0 Å². The molecule has 1 aromatic carbocycles. The minimum absolute atomic E-state index is 0.117. The van der Waals surface area contributed by atoms with Crippen LogP contribution in [0.3, 0.4) is 0 Å². The Labute approximate surface area is 117 Å². The summed E-state index contributed by atoms with van der Waals surface area (Å²) in [4.78, 5) is 2.27. The van der Waals surface area contributed by atoms with Gasteiger partial charge in [0.15, 0.2) is 0 Å². The first-order chi connectivity index (χ1) is 9.08. The molecule has 1 rings (SSSR count). The van der Waals surface area contributed by atoms with Crippen LogP contribution in [0.4, 0.5) is 5.69 Å². The molecule has 1 atom stereocenters. The third-order valence-electron chi connectivity index (χ3n) is 3.21. The molecule has 1 aromatic rings. The van der Waals surface area contributed by atoms with Gasteiger partial charge in [0.1, 0.15) is 0 Å². The first kappa shape index (κ1) is 15.5. The molecule has 104 valence electrons. The maximum absolute atomic E-state index is 8.75. The van der Waals surface area contributed by atoms with E-state index in [1.807, 2.05) is 0 Å². The number of nitrogens with zero attached hydrogens (tertiary/aromatic N) is 2. The van der Waals surface area contributed by atoms with Crippen molar-refractivity contribution < 1.29 is 0 Å². The highest BCUT2D eigenvalue weighted by Gasteiger charge is 2.09. The molecule has 0 bridgehead atoms. The van der Waals surface area contributed by atoms with Crippen molar-refractivity contribution >= 4 is 5.69 Å². The summed E-state index contributed by atoms with van der Waals surface area (Å²) in [6, 6.07) is 10.8. The lowest BCUT2D eigenvalue weighted by atomic mass is 10.0. The summed E-state index contributed by atoms with van der Waals surface area (Å²) in [5, 5.41) is 8.75. The van der Waals surface area contributed by atoms with Crippen molar-refractivity contribution in [3.63, 3.8) is 0 Å². The zero-order valence-electron chi connectivity index (χ0n) is 12.3. The van der Waals surface area contributed by atoms with E-state index in [2.05, 4.69) is 56.0 Å². The van der Waals surface area contributed by atoms with Crippen molar-refractivity contribution in [3.05, 3.63) is 29.8 Å². The second-order valence-electron chi connectivity index (χ2n) is 5.35. The van der Waals surface area contributed by atoms with Gasteiger partial charge < -0.3 is 10.6 Å². The predicted octanol–water partition coefficient (Wildman–Crippen LogP) is 3.47. The van der Waals surface area contributed by atoms with E-state index in [1.54, 1.807) is 0 Å². The molecule has 0 aromatic heterocycles. The van der Waals surface area contributed by atoms with Gasteiger partial charge in [-0.25, -0.2) is 0 Å². The first-order valence-electron chi connectivity index (χ1n) is 7.05. The SMILES string of the molecule is CCC(N)c1ccc(N(CCC#N)CC(C)C)cc1. The van der Waals surface area contributed by atoms with Crippen LogP contribution in [0.5, 0.6) is 0 Å². The fourth-order valence-electron chi connectivity index (χ4n) is 2.12. The Balaban J connectivity index is 2.81. The number of benzene rings is 1. The Morgan fingerprint density at radius 1 is 1.26 bits per heavy atom. The highest BCUT2D eigenvalue weighted by molar-refractivity contribution is 5.48. The molecule has 3 heteroatoms. The fourth-order valence-corrected chi connectivity index (χ4v) is 2.12. The summed E-state index contributed by atoms with van der Waals surface area (Å²) < 4.78 is 0. The van der Waals surface area contributed by atoms with E-state index in [0.717, 1.165) is 19.5 Å². The van der Waals surface area contributed by atoms with Gasteiger partial charge in [0, 0.05) is 24.8 Å². The molecule has 0 amide bonds. The van der Waals surface area contributed by atoms with Crippen LogP contribution in [0.15, 0.2) is 24.3 Å². The minimum Gasteiger partial charge on any atom is -0.370 e. The summed E-state index contributed by atoms with van der Waals surface area (Å²) in [5.41, 5.74) is 8.38. The summed E-state index contributed by atoms with van der Waals surface area (Å²) in [5.74, 6) is 0.580. The quantitative estimate of drug-likeness (QED) is 0.815. The van der Waals surface area contributed by atoms with Crippen LogP contribution < -0.4 is 10.6 Å². The van der Waals surface area contributed by atoms with E-state index >= 15 is 0 Å². The van der Waals surface area contributed by atoms with Crippen molar-refractivity contribution in [2.24, 2.45) is 11.7 Å². The third kappa shape index (κ3) is 4.92. The number of nitrogens with two attached hydrogens (primary N) is 1. The smallest absolute Gasteiger partial charge is 0.0640 e. The Morgan fingerprint density at radius 2 is 1.89 bits per heavy atom. The molecule has 3 nitrogen and oxygen atoms in total. The molecule has 0 spiro atoms. The van der Waals surface area contributed by atoms with E-state index in [4.69, 9.17) is 11.0 Å². The van der Waals surface area contributed by atoms with E-state index < -0.39 is 0 Å². The van der Waals surface area contributed by atoms with Gasteiger partial charge in [0.25, 0.3) is 0 Å². The highest BCUT2D eigenvalue weighted by atomic mass is 15.1. The largest absolute Gasteiger partial charge is 0.370 e.